The van der Waals surface area contributed by atoms with Crippen LogP contribution in [0.15, 0.2) is 43.1 Å². The molecule has 120 valence electrons. The number of alkyl halides is 1. The minimum Gasteiger partial charge on any atom is -0.369 e. The van der Waals surface area contributed by atoms with Gasteiger partial charge in [0.1, 0.15) is 12.4 Å². The van der Waals surface area contributed by atoms with E-state index in [0.717, 1.165) is 17.1 Å². The Bertz CT molecular complexity index is 564. The Morgan fingerprint density at radius 2 is 1.91 bits per heavy atom. The number of rotatable bonds is 7. The molecule has 0 aliphatic heterocycles. The van der Waals surface area contributed by atoms with Crippen molar-refractivity contribution in [3.63, 3.8) is 0 Å². The van der Waals surface area contributed by atoms with Crippen LogP contribution in [0, 0.1) is 6.92 Å². The highest BCUT2D eigenvalue weighted by Crippen LogP contribution is 2.14. The number of hydrogen-bond donors (Lipinski definition) is 0. The molecular formula is C18H25FN2O. The molecule has 0 saturated heterocycles. The SMILES string of the molecule is C=C(CCF)n1cc(C)nc1COCc1ccccc1.CC. The van der Waals surface area contributed by atoms with E-state index in [1.165, 1.54) is 0 Å². The van der Waals surface area contributed by atoms with Crippen molar-refractivity contribution in [1.82, 2.24) is 9.55 Å². The molecule has 1 aromatic heterocycles. The van der Waals surface area contributed by atoms with Crippen LogP contribution >= 0.6 is 0 Å². The standard InChI is InChI=1S/C16H19FN2O.C2H6/c1-13-10-19(14(2)8-9-17)16(18-13)12-20-11-15-6-4-3-5-7-15;1-2/h3-7,10H,2,8-9,11-12H2,1H3;1-2H3. The van der Waals surface area contributed by atoms with Crippen LogP contribution in [0.2, 0.25) is 0 Å². The first kappa shape index (κ1) is 18.1. The van der Waals surface area contributed by atoms with Gasteiger partial charge in [-0.25, -0.2) is 4.98 Å². The smallest absolute Gasteiger partial charge is 0.139 e. The van der Waals surface area contributed by atoms with Crippen molar-refractivity contribution in [3.8, 4) is 0 Å². The molecule has 0 bridgehead atoms. The summed E-state index contributed by atoms with van der Waals surface area (Å²) in [6, 6.07) is 9.96. The first-order chi connectivity index (χ1) is 10.7. The summed E-state index contributed by atoms with van der Waals surface area (Å²) < 4.78 is 19.9. The molecule has 0 unspecified atom stereocenters. The zero-order valence-corrected chi connectivity index (χ0v) is 13.7. The van der Waals surface area contributed by atoms with Gasteiger partial charge in [0.05, 0.1) is 19.0 Å². The van der Waals surface area contributed by atoms with Gasteiger partial charge in [-0.05, 0) is 12.5 Å². The molecule has 0 N–H and O–H groups in total. The number of hydrogen-bond acceptors (Lipinski definition) is 2. The van der Waals surface area contributed by atoms with Gasteiger partial charge in [0, 0.05) is 18.3 Å². The summed E-state index contributed by atoms with van der Waals surface area (Å²) >= 11 is 0. The summed E-state index contributed by atoms with van der Waals surface area (Å²) in [5.41, 5.74) is 2.69. The molecule has 0 saturated carbocycles. The Morgan fingerprint density at radius 1 is 1.23 bits per heavy atom. The van der Waals surface area contributed by atoms with Gasteiger partial charge in [-0.3, -0.25) is 4.39 Å². The van der Waals surface area contributed by atoms with Gasteiger partial charge < -0.3 is 9.30 Å². The quantitative estimate of drug-likeness (QED) is 0.737. The van der Waals surface area contributed by atoms with Crippen LogP contribution in [0.5, 0.6) is 0 Å². The van der Waals surface area contributed by atoms with E-state index >= 15 is 0 Å². The number of aromatic nitrogens is 2. The van der Waals surface area contributed by atoms with Crippen molar-refractivity contribution in [3.05, 3.63) is 60.2 Å². The molecule has 0 spiro atoms. The Hall–Kier alpha value is -1.94. The summed E-state index contributed by atoms with van der Waals surface area (Å²) in [6.45, 7) is 10.3. The van der Waals surface area contributed by atoms with Gasteiger partial charge >= 0.3 is 0 Å². The monoisotopic (exact) mass is 304 g/mol. The maximum atomic E-state index is 12.4. The van der Waals surface area contributed by atoms with Gasteiger partial charge in [-0.1, -0.05) is 50.8 Å². The maximum absolute atomic E-state index is 12.4. The number of ether oxygens (including phenoxy) is 1. The van der Waals surface area contributed by atoms with E-state index in [1.807, 2.05) is 61.9 Å². The second kappa shape index (κ2) is 9.90. The Balaban J connectivity index is 0.00000116. The normalized spacial score (nSPS) is 10.0. The fourth-order valence-electron chi connectivity index (χ4n) is 1.99. The molecule has 0 radical (unpaired) electrons. The lowest BCUT2D eigenvalue weighted by atomic mass is 10.2. The summed E-state index contributed by atoms with van der Waals surface area (Å²) in [6.07, 6.45) is 2.17. The van der Waals surface area contributed by atoms with E-state index in [2.05, 4.69) is 11.6 Å². The lowest BCUT2D eigenvalue weighted by Gasteiger charge is -2.09. The molecule has 0 fully saturated rings. The minimum absolute atomic E-state index is 0.307. The van der Waals surface area contributed by atoms with Gasteiger partial charge in [-0.15, -0.1) is 0 Å². The van der Waals surface area contributed by atoms with Crippen molar-refractivity contribution >= 4 is 5.70 Å². The van der Waals surface area contributed by atoms with Crippen LogP contribution in [-0.4, -0.2) is 16.2 Å². The van der Waals surface area contributed by atoms with Crippen molar-refractivity contribution < 1.29 is 9.13 Å². The molecule has 1 aromatic carbocycles. The fraction of sp³-hybridized carbons (Fsp3) is 0.389. The minimum atomic E-state index is -0.416. The average molecular weight is 304 g/mol. The van der Waals surface area contributed by atoms with Gasteiger partial charge in [0.15, 0.2) is 0 Å². The molecule has 1 heterocycles. The molecule has 0 aliphatic rings. The zero-order valence-electron chi connectivity index (χ0n) is 13.7. The summed E-state index contributed by atoms with van der Waals surface area (Å²) in [7, 11) is 0. The van der Waals surface area contributed by atoms with Crippen molar-refractivity contribution in [2.24, 2.45) is 0 Å². The van der Waals surface area contributed by atoms with Crippen molar-refractivity contribution in [2.75, 3.05) is 6.67 Å². The first-order valence-corrected chi connectivity index (χ1v) is 7.61. The number of halogens is 1. The van der Waals surface area contributed by atoms with Gasteiger partial charge in [0.2, 0.25) is 0 Å². The third kappa shape index (κ3) is 5.45. The number of imidazole rings is 1. The Kier molecular flexibility index (Phi) is 8.15. The molecular weight excluding hydrogens is 279 g/mol. The third-order valence-corrected chi connectivity index (χ3v) is 2.97. The first-order valence-electron chi connectivity index (χ1n) is 7.61. The second-order valence-corrected chi connectivity index (χ2v) is 4.65. The maximum Gasteiger partial charge on any atom is 0.139 e. The second-order valence-electron chi connectivity index (χ2n) is 4.65. The highest BCUT2D eigenvalue weighted by atomic mass is 19.1. The topological polar surface area (TPSA) is 27.1 Å². The van der Waals surface area contributed by atoms with E-state index in [9.17, 15) is 4.39 Å². The van der Waals surface area contributed by atoms with E-state index in [-0.39, 0.29) is 0 Å². The third-order valence-electron chi connectivity index (χ3n) is 2.97. The number of benzene rings is 1. The molecule has 2 rings (SSSR count). The molecule has 22 heavy (non-hydrogen) atoms. The van der Waals surface area contributed by atoms with Gasteiger partial charge in [0.25, 0.3) is 0 Å². The molecule has 0 amide bonds. The lowest BCUT2D eigenvalue weighted by Crippen LogP contribution is -2.04. The van der Waals surface area contributed by atoms with E-state index < -0.39 is 6.67 Å². The number of aryl methyl sites for hydroxylation is 1. The van der Waals surface area contributed by atoms with E-state index in [4.69, 9.17) is 4.74 Å². The van der Waals surface area contributed by atoms with Crippen LogP contribution < -0.4 is 0 Å². The highest BCUT2D eigenvalue weighted by molar-refractivity contribution is 5.43. The number of allylic oxidation sites excluding steroid dienone is 1. The molecule has 4 heteroatoms. The predicted molar refractivity (Wildman–Crippen MR) is 89.2 cm³/mol. The highest BCUT2D eigenvalue weighted by Gasteiger charge is 2.08. The predicted octanol–water partition coefficient (Wildman–Crippen LogP) is 4.76. The van der Waals surface area contributed by atoms with E-state index in [0.29, 0.717) is 25.3 Å². The molecule has 2 aromatic rings. The zero-order chi connectivity index (χ0) is 16.4. The molecule has 0 aliphatic carbocycles. The summed E-state index contributed by atoms with van der Waals surface area (Å²) in [5.74, 6) is 0.761. The largest absolute Gasteiger partial charge is 0.369 e. The summed E-state index contributed by atoms with van der Waals surface area (Å²) in [4.78, 5) is 4.40. The Labute approximate surface area is 132 Å². The fourth-order valence-corrected chi connectivity index (χ4v) is 1.99. The van der Waals surface area contributed by atoms with Gasteiger partial charge in [-0.2, -0.15) is 0 Å². The van der Waals surface area contributed by atoms with Crippen molar-refractivity contribution in [1.29, 1.82) is 0 Å². The van der Waals surface area contributed by atoms with Crippen LogP contribution in [0.1, 0.15) is 37.4 Å². The van der Waals surface area contributed by atoms with Crippen molar-refractivity contribution in [2.45, 2.75) is 40.4 Å². The average Bonchev–Trinajstić information content (AvgIpc) is 2.92. The van der Waals surface area contributed by atoms with E-state index in [1.54, 1.807) is 0 Å². The van der Waals surface area contributed by atoms with Crippen LogP contribution in [-0.2, 0) is 18.0 Å². The molecule has 0 atom stereocenters. The summed E-state index contributed by atoms with van der Waals surface area (Å²) in [5, 5.41) is 0. The van der Waals surface area contributed by atoms with Crippen LogP contribution in [0.25, 0.3) is 5.70 Å². The lowest BCUT2D eigenvalue weighted by molar-refractivity contribution is 0.101. The Morgan fingerprint density at radius 3 is 2.55 bits per heavy atom. The van der Waals surface area contributed by atoms with Crippen LogP contribution in [0.3, 0.4) is 0 Å². The van der Waals surface area contributed by atoms with Crippen LogP contribution in [0.4, 0.5) is 4.39 Å². The molecule has 3 nitrogen and oxygen atoms in total. The number of nitrogens with zero attached hydrogens (tertiary/aromatic N) is 2.